The maximum absolute atomic E-state index is 11.1. The fraction of sp³-hybridized carbons (Fsp3) is 0. The number of fused-ring (bicyclic) bond motifs is 1. The number of hydrogen-bond acceptors (Lipinski definition) is 5. The molecular weight excluding hydrogens is 298 g/mol. The number of aromatic hydroxyl groups is 2. The second kappa shape index (κ2) is 4.64. The molecule has 3 N–H and O–H groups in total. The van der Waals surface area contributed by atoms with Gasteiger partial charge in [0, 0.05) is 12.3 Å². The highest BCUT2D eigenvalue weighted by molar-refractivity contribution is 6.33. The molecule has 3 aromatic rings. The number of carbonyl (C=O) groups is 1. The molecule has 21 heavy (non-hydrogen) atoms. The minimum Gasteiger partial charge on any atom is -0.508 e. The molecule has 106 valence electrons. The summed E-state index contributed by atoms with van der Waals surface area (Å²) in [6.07, 6.45) is 1.31. The maximum Gasteiger partial charge on any atom is 0.337 e. The quantitative estimate of drug-likeness (QED) is 0.669. The van der Waals surface area contributed by atoms with E-state index in [-0.39, 0.29) is 33.6 Å². The van der Waals surface area contributed by atoms with Crippen LogP contribution in [0.2, 0.25) is 5.02 Å². The summed E-state index contributed by atoms with van der Waals surface area (Å²) in [5.74, 6) is -1.24. The van der Waals surface area contributed by atoms with E-state index in [1.54, 1.807) is 0 Å². The monoisotopic (exact) mass is 305 g/mol. The Kier molecular flexibility index (Phi) is 2.91. The highest BCUT2D eigenvalue weighted by Gasteiger charge is 2.17. The highest BCUT2D eigenvalue weighted by atomic mass is 35.5. The summed E-state index contributed by atoms with van der Waals surface area (Å²) in [6.45, 7) is 0. The van der Waals surface area contributed by atoms with Crippen molar-refractivity contribution in [3.63, 3.8) is 0 Å². The third kappa shape index (κ3) is 2.13. The normalized spacial score (nSPS) is 10.9. The first-order valence-corrected chi connectivity index (χ1v) is 6.15. The molecule has 3 rings (SSSR count). The number of phenolic OH excluding ortho intramolecular Hbond substituents is 2. The first kappa shape index (κ1) is 13.2. The van der Waals surface area contributed by atoms with Crippen LogP contribution in [0.3, 0.4) is 0 Å². The maximum atomic E-state index is 11.1. The Bertz CT molecular complexity index is 875. The van der Waals surface area contributed by atoms with Gasteiger partial charge in [0.05, 0.1) is 16.1 Å². The molecule has 0 aliphatic heterocycles. The lowest BCUT2D eigenvalue weighted by Gasteiger charge is -2.05. The minimum atomic E-state index is -1.15. The van der Waals surface area contributed by atoms with Crippen LogP contribution >= 0.6 is 11.6 Å². The SMILES string of the molecule is O=C(O)c1cc(Cl)c2nnc(-c3ccc(O)cc3O)n2c1. The van der Waals surface area contributed by atoms with E-state index in [9.17, 15) is 15.0 Å². The highest BCUT2D eigenvalue weighted by Crippen LogP contribution is 2.32. The van der Waals surface area contributed by atoms with Gasteiger partial charge >= 0.3 is 5.97 Å². The van der Waals surface area contributed by atoms with E-state index < -0.39 is 5.97 Å². The van der Waals surface area contributed by atoms with Crippen LogP contribution in [-0.4, -0.2) is 35.9 Å². The zero-order valence-corrected chi connectivity index (χ0v) is 11.1. The van der Waals surface area contributed by atoms with Gasteiger partial charge in [-0.05, 0) is 18.2 Å². The molecule has 0 aliphatic carbocycles. The molecule has 7 nitrogen and oxygen atoms in total. The van der Waals surface area contributed by atoms with E-state index in [0.29, 0.717) is 5.56 Å². The summed E-state index contributed by atoms with van der Waals surface area (Å²) in [5, 5.41) is 36.2. The molecule has 0 aliphatic rings. The molecule has 1 aromatic carbocycles. The van der Waals surface area contributed by atoms with E-state index >= 15 is 0 Å². The van der Waals surface area contributed by atoms with Crippen LogP contribution in [0.25, 0.3) is 17.0 Å². The molecule has 0 saturated heterocycles. The van der Waals surface area contributed by atoms with Crippen LogP contribution in [0, 0.1) is 0 Å². The second-order valence-corrected chi connectivity index (χ2v) is 4.71. The number of carboxylic acids is 1. The van der Waals surface area contributed by atoms with Crippen molar-refractivity contribution >= 4 is 23.2 Å². The average molecular weight is 306 g/mol. The van der Waals surface area contributed by atoms with E-state index in [1.807, 2.05) is 0 Å². The molecule has 0 fully saturated rings. The Morgan fingerprint density at radius 1 is 1.19 bits per heavy atom. The van der Waals surface area contributed by atoms with Crippen molar-refractivity contribution in [3.8, 4) is 22.9 Å². The van der Waals surface area contributed by atoms with E-state index in [2.05, 4.69) is 10.2 Å². The number of phenols is 2. The first-order chi connectivity index (χ1) is 9.97. The molecule has 0 saturated carbocycles. The third-order valence-corrected chi connectivity index (χ3v) is 3.21. The van der Waals surface area contributed by atoms with Crippen molar-refractivity contribution in [2.45, 2.75) is 0 Å². The number of halogens is 1. The number of nitrogens with zero attached hydrogens (tertiary/aromatic N) is 3. The van der Waals surface area contributed by atoms with Crippen molar-refractivity contribution in [3.05, 3.63) is 41.0 Å². The average Bonchev–Trinajstić information content (AvgIpc) is 2.83. The predicted octanol–water partition coefficient (Wildman–Crippen LogP) is 2.16. The lowest BCUT2D eigenvalue weighted by atomic mass is 10.1. The van der Waals surface area contributed by atoms with Crippen molar-refractivity contribution in [1.82, 2.24) is 14.6 Å². The Morgan fingerprint density at radius 2 is 1.95 bits per heavy atom. The second-order valence-electron chi connectivity index (χ2n) is 4.30. The number of aromatic nitrogens is 3. The summed E-state index contributed by atoms with van der Waals surface area (Å²) < 4.78 is 1.37. The summed E-state index contributed by atoms with van der Waals surface area (Å²) in [4.78, 5) is 11.1. The van der Waals surface area contributed by atoms with Gasteiger partial charge in [-0.2, -0.15) is 0 Å². The summed E-state index contributed by atoms with van der Waals surface area (Å²) in [7, 11) is 0. The zero-order valence-electron chi connectivity index (χ0n) is 10.4. The molecule has 2 aromatic heterocycles. The van der Waals surface area contributed by atoms with Crippen molar-refractivity contribution < 1.29 is 20.1 Å². The van der Waals surface area contributed by atoms with Gasteiger partial charge in [0.2, 0.25) is 0 Å². The van der Waals surface area contributed by atoms with Crippen molar-refractivity contribution in [2.75, 3.05) is 0 Å². The summed E-state index contributed by atoms with van der Waals surface area (Å²) >= 11 is 5.98. The molecule has 0 bridgehead atoms. The van der Waals surface area contributed by atoms with Crippen LogP contribution in [0.5, 0.6) is 11.5 Å². The molecular formula is C13H8ClN3O4. The van der Waals surface area contributed by atoms with Gasteiger partial charge in [0.15, 0.2) is 11.5 Å². The number of aromatic carboxylic acids is 1. The van der Waals surface area contributed by atoms with Gasteiger partial charge in [0.25, 0.3) is 0 Å². The number of pyridine rings is 1. The van der Waals surface area contributed by atoms with Gasteiger partial charge in [-0.3, -0.25) is 4.40 Å². The fourth-order valence-electron chi connectivity index (χ4n) is 1.96. The molecule has 0 amide bonds. The van der Waals surface area contributed by atoms with E-state index in [1.165, 1.54) is 28.8 Å². The zero-order chi connectivity index (χ0) is 15.1. The van der Waals surface area contributed by atoms with Gasteiger partial charge < -0.3 is 15.3 Å². The number of benzene rings is 1. The van der Waals surface area contributed by atoms with Gasteiger partial charge in [0.1, 0.15) is 11.5 Å². The first-order valence-electron chi connectivity index (χ1n) is 5.77. The fourth-order valence-corrected chi connectivity index (χ4v) is 2.21. The Hall–Kier alpha value is -2.80. The van der Waals surface area contributed by atoms with Crippen LogP contribution in [0.1, 0.15) is 10.4 Å². The summed E-state index contributed by atoms with van der Waals surface area (Å²) in [5.41, 5.74) is 0.523. The van der Waals surface area contributed by atoms with Gasteiger partial charge in [-0.25, -0.2) is 4.79 Å². The van der Waals surface area contributed by atoms with Crippen molar-refractivity contribution in [1.29, 1.82) is 0 Å². The van der Waals surface area contributed by atoms with Crippen LogP contribution < -0.4 is 0 Å². The third-order valence-electron chi connectivity index (χ3n) is 2.93. The largest absolute Gasteiger partial charge is 0.508 e. The Balaban J connectivity index is 2.30. The summed E-state index contributed by atoms with van der Waals surface area (Å²) in [6, 6.07) is 5.24. The molecule has 8 heteroatoms. The minimum absolute atomic E-state index is 0.0354. The molecule has 0 unspecified atom stereocenters. The Morgan fingerprint density at radius 3 is 2.62 bits per heavy atom. The molecule has 0 spiro atoms. The molecule has 0 radical (unpaired) electrons. The molecule has 2 heterocycles. The van der Waals surface area contributed by atoms with E-state index in [4.69, 9.17) is 16.7 Å². The standard InChI is InChI=1S/C13H8ClN3O4/c14-9-3-6(13(20)21)5-17-11(15-16-12(9)17)8-2-1-7(18)4-10(8)19/h1-5,18-19H,(H,20,21). The Labute approximate surface area is 122 Å². The van der Waals surface area contributed by atoms with Gasteiger partial charge in [-0.15, -0.1) is 10.2 Å². The van der Waals surface area contributed by atoms with Crippen LogP contribution in [0.15, 0.2) is 30.5 Å². The van der Waals surface area contributed by atoms with Crippen LogP contribution in [-0.2, 0) is 0 Å². The van der Waals surface area contributed by atoms with Crippen LogP contribution in [0.4, 0.5) is 0 Å². The molecule has 0 atom stereocenters. The van der Waals surface area contributed by atoms with E-state index in [0.717, 1.165) is 6.07 Å². The van der Waals surface area contributed by atoms with Gasteiger partial charge in [-0.1, -0.05) is 11.6 Å². The predicted molar refractivity (Wildman–Crippen MR) is 73.7 cm³/mol. The topological polar surface area (TPSA) is 108 Å². The number of rotatable bonds is 2. The lowest BCUT2D eigenvalue weighted by molar-refractivity contribution is 0.0696. The number of hydrogen-bond donors (Lipinski definition) is 3. The van der Waals surface area contributed by atoms with Crippen molar-refractivity contribution in [2.24, 2.45) is 0 Å². The smallest absolute Gasteiger partial charge is 0.337 e. The number of carboxylic acid groups (broad SMARTS) is 1. The lowest BCUT2D eigenvalue weighted by Crippen LogP contribution is -2.00.